The first kappa shape index (κ1) is 14.9. The van der Waals surface area contributed by atoms with Crippen LogP contribution in [0.1, 0.15) is 17.9 Å². The summed E-state index contributed by atoms with van der Waals surface area (Å²) >= 11 is 0. The molecule has 0 aliphatic carbocycles. The van der Waals surface area contributed by atoms with Gasteiger partial charge < -0.3 is 15.5 Å². The van der Waals surface area contributed by atoms with Gasteiger partial charge in [-0.2, -0.15) is 0 Å². The zero-order valence-electron chi connectivity index (χ0n) is 12.1. The Balaban J connectivity index is 2.01. The number of likely N-dealkylation sites (N-methyl/N-ethyl adjacent to an activating group) is 1. The third-order valence-electron chi connectivity index (χ3n) is 3.74. The van der Waals surface area contributed by atoms with Crippen molar-refractivity contribution in [2.75, 3.05) is 33.7 Å². The van der Waals surface area contributed by atoms with Crippen molar-refractivity contribution in [1.29, 1.82) is 0 Å². The Morgan fingerprint density at radius 2 is 2.25 bits per heavy atom. The Morgan fingerprint density at radius 1 is 1.50 bits per heavy atom. The average Bonchev–Trinajstić information content (AvgIpc) is 2.37. The number of hydrogen-bond acceptors (Lipinski definition) is 3. The molecule has 4 nitrogen and oxygen atoms in total. The van der Waals surface area contributed by atoms with Gasteiger partial charge in [-0.25, -0.2) is 4.39 Å². The monoisotopic (exact) mass is 279 g/mol. The summed E-state index contributed by atoms with van der Waals surface area (Å²) in [5.74, 6) is -0.0157. The second kappa shape index (κ2) is 6.33. The van der Waals surface area contributed by atoms with Crippen molar-refractivity contribution in [1.82, 2.24) is 9.80 Å². The second-order valence-electron chi connectivity index (χ2n) is 5.69. The Hall–Kier alpha value is -1.46. The van der Waals surface area contributed by atoms with Gasteiger partial charge in [0, 0.05) is 25.0 Å². The van der Waals surface area contributed by atoms with Gasteiger partial charge in [-0.15, -0.1) is 0 Å². The molecule has 0 aromatic heterocycles. The molecule has 1 aliphatic rings. The number of rotatable bonds is 3. The summed E-state index contributed by atoms with van der Waals surface area (Å²) in [5.41, 5.74) is 7.12. The normalized spacial score (nSPS) is 23.1. The Kier molecular flexibility index (Phi) is 4.73. The van der Waals surface area contributed by atoms with Crippen molar-refractivity contribution in [3.8, 4) is 0 Å². The molecule has 0 radical (unpaired) electrons. The van der Waals surface area contributed by atoms with Crippen molar-refractivity contribution in [3.63, 3.8) is 0 Å². The quantitative estimate of drug-likeness (QED) is 0.899. The van der Waals surface area contributed by atoms with E-state index in [4.69, 9.17) is 5.73 Å². The lowest BCUT2D eigenvalue weighted by atomic mass is 9.85. The third-order valence-corrected chi connectivity index (χ3v) is 3.74. The van der Waals surface area contributed by atoms with Gasteiger partial charge >= 0.3 is 0 Å². The Morgan fingerprint density at radius 3 is 2.85 bits per heavy atom. The molecule has 0 bridgehead atoms. The fraction of sp³-hybridized carbons (Fsp3) is 0.533. The van der Waals surface area contributed by atoms with Crippen molar-refractivity contribution >= 4 is 5.91 Å². The number of benzene rings is 1. The van der Waals surface area contributed by atoms with Crippen LogP contribution in [0.3, 0.4) is 0 Å². The molecule has 20 heavy (non-hydrogen) atoms. The Bertz CT molecular complexity index is 478. The fourth-order valence-electron chi connectivity index (χ4n) is 2.73. The molecule has 2 rings (SSSR count). The van der Waals surface area contributed by atoms with Gasteiger partial charge in [0.25, 0.3) is 0 Å². The molecule has 2 unspecified atom stereocenters. The molecule has 1 amide bonds. The summed E-state index contributed by atoms with van der Waals surface area (Å²) in [6, 6.07) is 6.45. The Labute approximate surface area is 119 Å². The molecule has 2 N–H and O–H groups in total. The molecular formula is C15H22FN3O. The molecule has 1 aromatic carbocycles. The van der Waals surface area contributed by atoms with E-state index in [1.807, 2.05) is 25.1 Å². The van der Waals surface area contributed by atoms with E-state index in [9.17, 15) is 9.18 Å². The number of piperidine rings is 1. The van der Waals surface area contributed by atoms with Gasteiger partial charge in [0.1, 0.15) is 5.82 Å². The van der Waals surface area contributed by atoms with Crippen LogP contribution in [0.15, 0.2) is 24.3 Å². The maximum atomic E-state index is 13.3. The highest BCUT2D eigenvalue weighted by atomic mass is 19.1. The number of likely N-dealkylation sites (tertiary alicyclic amines) is 1. The lowest BCUT2D eigenvalue weighted by Gasteiger charge is -2.37. The van der Waals surface area contributed by atoms with E-state index in [-0.39, 0.29) is 23.7 Å². The van der Waals surface area contributed by atoms with Crippen molar-refractivity contribution in [2.24, 2.45) is 5.73 Å². The average molecular weight is 279 g/mol. The third kappa shape index (κ3) is 3.55. The van der Waals surface area contributed by atoms with Crippen LogP contribution in [0.2, 0.25) is 0 Å². The van der Waals surface area contributed by atoms with E-state index in [2.05, 4.69) is 0 Å². The molecule has 2 atom stereocenters. The highest BCUT2D eigenvalue weighted by Crippen LogP contribution is 2.27. The minimum Gasteiger partial charge on any atom is -0.340 e. The van der Waals surface area contributed by atoms with E-state index in [0.29, 0.717) is 19.6 Å². The molecule has 1 heterocycles. The first-order chi connectivity index (χ1) is 9.47. The van der Waals surface area contributed by atoms with Crippen LogP contribution in [0, 0.1) is 5.82 Å². The summed E-state index contributed by atoms with van der Waals surface area (Å²) in [5, 5.41) is 0. The molecule has 1 fully saturated rings. The summed E-state index contributed by atoms with van der Waals surface area (Å²) < 4.78 is 13.3. The summed E-state index contributed by atoms with van der Waals surface area (Å²) in [6.07, 6.45) is 0.782. The molecule has 0 saturated carbocycles. The van der Waals surface area contributed by atoms with Crippen LogP contribution in [0.4, 0.5) is 4.39 Å². The number of carbonyl (C=O) groups excluding carboxylic acids is 1. The smallest absolute Gasteiger partial charge is 0.236 e. The predicted octanol–water partition coefficient (Wildman–Crippen LogP) is 1.03. The van der Waals surface area contributed by atoms with Gasteiger partial charge in [-0.05, 0) is 38.2 Å². The molecule has 1 saturated heterocycles. The van der Waals surface area contributed by atoms with Gasteiger partial charge in [-0.3, -0.25) is 4.79 Å². The first-order valence-corrected chi connectivity index (χ1v) is 6.91. The second-order valence-corrected chi connectivity index (χ2v) is 5.69. The molecule has 1 aromatic rings. The first-order valence-electron chi connectivity index (χ1n) is 6.91. The maximum Gasteiger partial charge on any atom is 0.236 e. The summed E-state index contributed by atoms with van der Waals surface area (Å²) in [4.78, 5) is 15.7. The minimum atomic E-state index is -0.235. The van der Waals surface area contributed by atoms with E-state index in [0.717, 1.165) is 12.0 Å². The molecule has 1 aliphatic heterocycles. The van der Waals surface area contributed by atoms with Crippen LogP contribution in [-0.4, -0.2) is 55.5 Å². The maximum absolute atomic E-state index is 13.3. The van der Waals surface area contributed by atoms with Gasteiger partial charge in [0.2, 0.25) is 5.91 Å². The van der Waals surface area contributed by atoms with E-state index >= 15 is 0 Å². The lowest BCUT2D eigenvalue weighted by molar-refractivity contribution is -0.133. The molecular weight excluding hydrogens is 257 g/mol. The number of amides is 1. The van der Waals surface area contributed by atoms with E-state index in [1.165, 1.54) is 6.07 Å². The topological polar surface area (TPSA) is 49.6 Å². The number of hydrogen-bond donors (Lipinski definition) is 1. The summed E-state index contributed by atoms with van der Waals surface area (Å²) in [6.45, 7) is 1.62. The van der Waals surface area contributed by atoms with E-state index in [1.54, 1.807) is 17.0 Å². The molecule has 5 heteroatoms. The van der Waals surface area contributed by atoms with Gasteiger partial charge in [0.15, 0.2) is 0 Å². The van der Waals surface area contributed by atoms with Gasteiger partial charge in [0.05, 0.1) is 6.54 Å². The minimum absolute atomic E-state index is 0.100. The summed E-state index contributed by atoms with van der Waals surface area (Å²) in [7, 11) is 3.74. The van der Waals surface area contributed by atoms with E-state index < -0.39 is 0 Å². The van der Waals surface area contributed by atoms with Crippen molar-refractivity contribution in [3.05, 3.63) is 35.6 Å². The standard InChI is InChI=1S/C15H22FN3O/c1-18(2)10-15(20)19-7-6-13(14(17)9-19)11-4-3-5-12(16)8-11/h3-5,8,13-14H,6-7,9-10,17H2,1-2H3. The number of halogens is 1. The van der Waals surface area contributed by atoms with Crippen LogP contribution < -0.4 is 5.73 Å². The number of carbonyl (C=O) groups is 1. The zero-order chi connectivity index (χ0) is 14.7. The molecule has 0 spiro atoms. The van der Waals surface area contributed by atoms with Crippen LogP contribution in [0.25, 0.3) is 0 Å². The number of nitrogens with zero attached hydrogens (tertiary/aromatic N) is 2. The largest absolute Gasteiger partial charge is 0.340 e. The SMILES string of the molecule is CN(C)CC(=O)N1CCC(c2cccc(F)c2)C(N)C1. The van der Waals surface area contributed by atoms with Crippen LogP contribution in [-0.2, 0) is 4.79 Å². The van der Waals surface area contributed by atoms with Crippen molar-refractivity contribution < 1.29 is 9.18 Å². The van der Waals surface area contributed by atoms with Crippen LogP contribution >= 0.6 is 0 Å². The predicted molar refractivity (Wildman–Crippen MR) is 76.9 cm³/mol. The zero-order valence-corrected chi connectivity index (χ0v) is 12.1. The van der Waals surface area contributed by atoms with Crippen LogP contribution in [0.5, 0.6) is 0 Å². The van der Waals surface area contributed by atoms with Gasteiger partial charge in [-0.1, -0.05) is 12.1 Å². The molecule has 110 valence electrons. The number of nitrogens with two attached hydrogens (primary N) is 1. The van der Waals surface area contributed by atoms with Crippen molar-refractivity contribution in [2.45, 2.75) is 18.4 Å². The highest BCUT2D eigenvalue weighted by Gasteiger charge is 2.30. The highest BCUT2D eigenvalue weighted by molar-refractivity contribution is 5.78. The fourth-order valence-corrected chi connectivity index (χ4v) is 2.73. The lowest BCUT2D eigenvalue weighted by Crippen LogP contribution is -2.51.